The summed E-state index contributed by atoms with van der Waals surface area (Å²) in [6.07, 6.45) is 6.52. The standard InChI is InChI=1S/C23H20N8O2/c1-14-11-26-23(29-19-7-9-27-31(19)2)30-20(14)18-13-33-22(28-18)21(32)25-12-15-5-6-16-4-3-8-24-17(16)10-15/h3-11,13H,12H2,1-2H3,(H,25,32)(H,26,29,30). The first kappa shape index (κ1) is 20.3. The van der Waals surface area contributed by atoms with Gasteiger partial charge >= 0.3 is 5.91 Å². The Morgan fingerprint density at radius 1 is 1.12 bits per heavy atom. The number of hydrogen-bond acceptors (Lipinski definition) is 8. The molecule has 0 fully saturated rings. The van der Waals surface area contributed by atoms with Crippen molar-refractivity contribution in [3.05, 3.63) is 78.3 Å². The lowest BCUT2D eigenvalue weighted by atomic mass is 10.1. The minimum absolute atomic E-state index is 0.0388. The first-order valence-corrected chi connectivity index (χ1v) is 10.2. The van der Waals surface area contributed by atoms with Gasteiger partial charge in [0, 0.05) is 37.4 Å². The molecule has 0 bridgehead atoms. The number of anilines is 2. The fourth-order valence-electron chi connectivity index (χ4n) is 3.34. The number of nitrogens with one attached hydrogen (secondary N) is 2. The van der Waals surface area contributed by atoms with Crippen LogP contribution in [-0.4, -0.2) is 35.6 Å². The minimum atomic E-state index is -0.415. The van der Waals surface area contributed by atoms with Crippen LogP contribution in [0.4, 0.5) is 11.8 Å². The van der Waals surface area contributed by atoms with Crippen LogP contribution >= 0.6 is 0 Å². The molecule has 0 unspecified atom stereocenters. The quantitative estimate of drug-likeness (QED) is 0.412. The number of nitrogens with zero attached hydrogens (tertiary/aromatic N) is 6. The van der Waals surface area contributed by atoms with Gasteiger partial charge in [-0.25, -0.2) is 15.0 Å². The maximum absolute atomic E-state index is 12.6. The number of carbonyl (C=O) groups is 1. The van der Waals surface area contributed by atoms with Gasteiger partial charge in [-0.15, -0.1) is 0 Å². The Hall–Kier alpha value is -4.60. The van der Waals surface area contributed by atoms with Gasteiger partial charge in [-0.3, -0.25) is 14.5 Å². The Balaban J connectivity index is 1.30. The lowest BCUT2D eigenvalue weighted by molar-refractivity contribution is 0.0916. The summed E-state index contributed by atoms with van der Waals surface area (Å²) in [6.45, 7) is 2.19. The second-order valence-corrected chi connectivity index (χ2v) is 7.44. The molecule has 0 aliphatic heterocycles. The zero-order chi connectivity index (χ0) is 22.8. The number of fused-ring (bicyclic) bond motifs is 1. The molecule has 10 nitrogen and oxygen atoms in total. The third-order valence-electron chi connectivity index (χ3n) is 5.10. The summed E-state index contributed by atoms with van der Waals surface area (Å²) in [5, 5.41) is 11.1. The molecule has 2 N–H and O–H groups in total. The molecule has 5 aromatic rings. The number of aryl methyl sites for hydroxylation is 2. The molecule has 1 amide bonds. The zero-order valence-electron chi connectivity index (χ0n) is 18.0. The van der Waals surface area contributed by atoms with Gasteiger partial charge in [0.1, 0.15) is 23.5 Å². The third kappa shape index (κ3) is 4.26. The van der Waals surface area contributed by atoms with Gasteiger partial charge in [0.25, 0.3) is 5.89 Å². The maximum atomic E-state index is 12.6. The summed E-state index contributed by atoms with van der Waals surface area (Å²) in [7, 11) is 1.81. The Morgan fingerprint density at radius 3 is 2.88 bits per heavy atom. The van der Waals surface area contributed by atoms with Crippen molar-refractivity contribution in [1.29, 1.82) is 0 Å². The van der Waals surface area contributed by atoms with E-state index in [1.54, 1.807) is 23.3 Å². The molecule has 4 heterocycles. The Labute approximate surface area is 188 Å². The van der Waals surface area contributed by atoms with Crippen LogP contribution in [0.3, 0.4) is 0 Å². The van der Waals surface area contributed by atoms with E-state index >= 15 is 0 Å². The predicted octanol–water partition coefficient (Wildman–Crippen LogP) is 3.40. The minimum Gasteiger partial charge on any atom is -0.440 e. The number of carbonyl (C=O) groups excluding carboxylic acids is 1. The van der Waals surface area contributed by atoms with Crippen LogP contribution in [0, 0.1) is 6.92 Å². The summed E-state index contributed by atoms with van der Waals surface area (Å²) in [6, 6.07) is 11.6. The van der Waals surface area contributed by atoms with Crippen LogP contribution in [0.1, 0.15) is 21.8 Å². The summed E-state index contributed by atoms with van der Waals surface area (Å²) in [4.78, 5) is 30.1. The monoisotopic (exact) mass is 440 g/mol. The van der Waals surface area contributed by atoms with E-state index in [1.807, 2.05) is 50.4 Å². The number of aromatic nitrogens is 6. The van der Waals surface area contributed by atoms with Crippen LogP contribution in [0.25, 0.3) is 22.3 Å². The Morgan fingerprint density at radius 2 is 2.03 bits per heavy atom. The molecule has 33 heavy (non-hydrogen) atoms. The molecule has 10 heteroatoms. The Kier molecular flexibility index (Phi) is 5.23. The molecular formula is C23H20N8O2. The van der Waals surface area contributed by atoms with E-state index in [2.05, 4.69) is 35.7 Å². The summed E-state index contributed by atoms with van der Waals surface area (Å²) < 4.78 is 7.10. The molecule has 0 spiro atoms. The highest BCUT2D eigenvalue weighted by atomic mass is 16.4. The molecule has 5 rings (SSSR count). The largest absolute Gasteiger partial charge is 0.440 e. The molecular weight excluding hydrogens is 420 g/mol. The second-order valence-electron chi connectivity index (χ2n) is 7.44. The van der Waals surface area contributed by atoms with E-state index in [9.17, 15) is 4.79 Å². The summed E-state index contributed by atoms with van der Waals surface area (Å²) >= 11 is 0. The highest BCUT2D eigenvalue weighted by molar-refractivity contribution is 5.90. The van der Waals surface area contributed by atoms with Gasteiger partial charge in [0.2, 0.25) is 5.95 Å². The number of benzene rings is 1. The van der Waals surface area contributed by atoms with Gasteiger partial charge in [-0.1, -0.05) is 18.2 Å². The van der Waals surface area contributed by atoms with Crippen molar-refractivity contribution in [2.75, 3.05) is 5.32 Å². The van der Waals surface area contributed by atoms with Crippen LogP contribution in [0.5, 0.6) is 0 Å². The number of pyridine rings is 1. The van der Waals surface area contributed by atoms with Gasteiger partial charge in [-0.2, -0.15) is 5.10 Å². The average Bonchev–Trinajstić information content (AvgIpc) is 3.48. The van der Waals surface area contributed by atoms with Crippen LogP contribution in [-0.2, 0) is 13.6 Å². The van der Waals surface area contributed by atoms with Crippen molar-refractivity contribution in [1.82, 2.24) is 35.0 Å². The van der Waals surface area contributed by atoms with Gasteiger partial charge < -0.3 is 15.1 Å². The molecule has 0 radical (unpaired) electrons. The Bertz CT molecular complexity index is 1460. The fraction of sp³-hybridized carbons (Fsp3) is 0.130. The van der Waals surface area contributed by atoms with Crippen LogP contribution in [0.15, 0.2) is 65.7 Å². The fourth-order valence-corrected chi connectivity index (χ4v) is 3.34. The topological polar surface area (TPSA) is 124 Å². The highest BCUT2D eigenvalue weighted by Crippen LogP contribution is 2.22. The second kappa shape index (κ2) is 8.50. The number of rotatable bonds is 6. The SMILES string of the molecule is Cc1cnc(Nc2ccnn2C)nc1-c1coc(C(=O)NCc2ccc3cccnc3c2)n1. The average molecular weight is 440 g/mol. The van der Waals surface area contributed by atoms with Crippen molar-refractivity contribution in [2.45, 2.75) is 13.5 Å². The van der Waals surface area contributed by atoms with E-state index in [0.29, 0.717) is 23.9 Å². The van der Waals surface area contributed by atoms with E-state index in [0.717, 1.165) is 27.8 Å². The number of amides is 1. The van der Waals surface area contributed by atoms with Crippen LogP contribution in [0.2, 0.25) is 0 Å². The van der Waals surface area contributed by atoms with E-state index < -0.39 is 5.91 Å². The van der Waals surface area contributed by atoms with Crippen molar-refractivity contribution < 1.29 is 9.21 Å². The zero-order valence-corrected chi connectivity index (χ0v) is 18.0. The van der Waals surface area contributed by atoms with Crippen molar-refractivity contribution in [3.8, 4) is 11.4 Å². The molecule has 0 saturated carbocycles. The first-order valence-electron chi connectivity index (χ1n) is 10.2. The molecule has 4 aromatic heterocycles. The van der Waals surface area contributed by atoms with Crippen molar-refractivity contribution in [3.63, 3.8) is 0 Å². The van der Waals surface area contributed by atoms with Crippen molar-refractivity contribution in [2.24, 2.45) is 7.05 Å². The molecule has 0 saturated heterocycles. The maximum Gasteiger partial charge on any atom is 0.307 e. The molecule has 0 aliphatic rings. The molecule has 0 aliphatic carbocycles. The van der Waals surface area contributed by atoms with Gasteiger partial charge in [-0.05, 0) is 30.2 Å². The lowest BCUT2D eigenvalue weighted by Crippen LogP contribution is -2.23. The van der Waals surface area contributed by atoms with Crippen molar-refractivity contribution >= 4 is 28.6 Å². The number of hydrogen-bond donors (Lipinski definition) is 2. The highest BCUT2D eigenvalue weighted by Gasteiger charge is 2.17. The molecule has 0 atom stereocenters. The van der Waals surface area contributed by atoms with Crippen LogP contribution < -0.4 is 10.6 Å². The van der Waals surface area contributed by atoms with E-state index in [1.165, 1.54) is 6.26 Å². The predicted molar refractivity (Wildman–Crippen MR) is 122 cm³/mol. The van der Waals surface area contributed by atoms with Gasteiger partial charge in [0.05, 0.1) is 11.7 Å². The summed E-state index contributed by atoms with van der Waals surface area (Å²) in [5.74, 6) is 0.678. The lowest BCUT2D eigenvalue weighted by Gasteiger charge is -2.07. The third-order valence-corrected chi connectivity index (χ3v) is 5.10. The molecule has 164 valence electrons. The first-order chi connectivity index (χ1) is 16.1. The molecule has 1 aromatic carbocycles. The summed E-state index contributed by atoms with van der Waals surface area (Å²) in [5.41, 5.74) is 3.62. The van der Waals surface area contributed by atoms with Gasteiger partial charge in [0.15, 0.2) is 0 Å². The normalized spacial score (nSPS) is 11.0. The van der Waals surface area contributed by atoms with E-state index in [-0.39, 0.29) is 5.89 Å². The van der Waals surface area contributed by atoms with E-state index in [4.69, 9.17) is 4.42 Å². The number of oxazole rings is 1. The smallest absolute Gasteiger partial charge is 0.307 e.